The van der Waals surface area contributed by atoms with Crippen LogP contribution in [0, 0.1) is 6.92 Å². The first kappa shape index (κ1) is 21.5. The van der Waals surface area contributed by atoms with Crippen LogP contribution in [0.4, 0.5) is 5.69 Å². The molecule has 0 aliphatic carbocycles. The number of anilines is 1. The molecule has 0 unspecified atom stereocenters. The zero-order valence-corrected chi connectivity index (χ0v) is 17.9. The van der Waals surface area contributed by atoms with Crippen molar-refractivity contribution in [2.75, 3.05) is 12.4 Å². The Bertz CT molecular complexity index is 1130. The van der Waals surface area contributed by atoms with E-state index < -0.39 is 16.1 Å². The van der Waals surface area contributed by atoms with E-state index in [4.69, 9.17) is 4.74 Å². The van der Waals surface area contributed by atoms with E-state index in [1.807, 2.05) is 61.5 Å². The fourth-order valence-electron chi connectivity index (χ4n) is 3.12. The minimum atomic E-state index is -3.99. The third-order valence-corrected chi connectivity index (χ3v) is 6.03. The van der Waals surface area contributed by atoms with Gasteiger partial charge < -0.3 is 10.1 Å². The molecule has 1 atom stereocenters. The minimum absolute atomic E-state index is 0.0516. The van der Waals surface area contributed by atoms with Crippen molar-refractivity contribution in [3.8, 4) is 5.75 Å². The first-order valence-electron chi connectivity index (χ1n) is 9.39. The maximum absolute atomic E-state index is 13.4. The molecule has 0 fully saturated rings. The third kappa shape index (κ3) is 5.06. The number of sulfonamides is 1. The fourth-order valence-corrected chi connectivity index (χ4v) is 4.53. The number of rotatable bonds is 7. The van der Waals surface area contributed by atoms with Crippen LogP contribution >= 0.6 is 0 Å². The molecular weight excluding hydrogens is 400 g/mol. The molecule has 3 aromatic carbocycles. The molecule has 0 saturated carbocycles. The molecule has 0 bridgehead atoms. The second-order valence-corrected chi connectivity index (χ2v) is 8.60. The van der Waals surface area contributed by atoms with Crippen LogP contribution in [0.5, 0.6) is 5.75 Å². The summed E-state index contributed by atoms with van der Waals surface area (Å²) in [4.78, 5) is 11.3. The summed E-state index contributed by atoms with van der Waals surface area (Å²) in [5, 5.41) is 2.60. The van der Waals surface area contributed by atoms with Crippen molar-refractivity contribution in [3.63, 3.8) is 0 Å². The second kappa shape index (κ2) is 9.11. The highest BCUT2D eigenvalue weighted by Gasteiger charge is 2.26. The van der Waals surface area contributed by atoms with Gasteiger partial charge in [0.1, 0.15) is 10.6 Å². The van der Waals surface area contributed by atoms with Gasteiger partial charge in [-0.1, -0.05) is 60.2 Å². The molecule has 1 amide bonds. The van der Waals surface area contributed by atoms with Crippen LogP contribution < -0.4 is 14.8 Å². The highest BCUT2D eigenvalue weighted by atomic mass is 32.2. The predicted molar refractivity (Wildman–Crippen MR) is 117 cm³/mol. The lowest BCUT2D eigenvalue weighted by Gasteiger charge is -2.21. The molecule has 0 saturated heterocycles. The number of amides is 1. The Morgan fingerprint density at radius 1 is 0.933 bits per heavy atom. The molecule has 0 spiro atoms. The van der Waals surface area contributed by atoms with Crippen LogP contribution in [0.15, 0.2) is 77.7 Å². The number of methoxy groups -OCH3 is 1. The molecule has 30 heavy (non-hydrogen) atoms. The average molecular weight is 425 g/mol. The van der Waals surface area contributed by atoms with Crippen LogP contribution in [0.1, 0.15) is 29.7 Å². The van der Waals surface area contributed by atoms with Crippen molar-refractivity contribution in [2.24, 2.45) is 0 Å². The van der Waals surface area contributed by atoms with Gasteiger partial charge in [0, 0.05) is 12.6 Å². The Morgan fingerprint density at radius 2 is 1.57 bits per heavy atom. The summed E-state index contributed by atoms with van der Waals surface area (Å²) in [5.74, 6) is -0.106. The van der Waals surface area contributed by atoms with Crippen molar-refractivity contribution >= 4 is 21.6 Å². The summed E-state index contributed by atoms with van der Waals surface area (Å²) in [7, 11) is -2.59. The lowest BCUT2D eigenvalue weighted by atomic mass is 9.99. The minimum Gasteiger partial charge on any atom is -0.495 e. The quantitative estimate of drug-likeness (QED) is 0.600. The average Bonchev–Trinajstić information content (AvgIpc) is 2.73. The molecule has 7 heteroatoms. The highest BCUT2D eigenvalue weighted by Crippen LogP contribution is 2.30. The van der Waals surface area contributed by atoms with E-state index in [1.165, 1.54) is 26.2 Å². The van der Waals surface area contributed by atoms with E-state index in [2.05, 4.69) is 10.0 Å². The van der Waals surface area contributed by atoms with Crippen LogP contribution in [0.25, 0.3) is 0 Å². The summed E-state index contributed by atoms with van der Waals surface area (Å²) < 4.78 is 34.8. The van der Waals surface area contributed by atoms with E-state index >= 15 is 0 Å². The Labute approximate surface area is 177 Å². The van der Waals surface area contributed by atoms with Crippen LogP contribution in [-0.2, 0) is 14.8 Å². The van der Waals surface area contributed by atoms with Crippen molar-refractivity contribution in [2.45, 2.75) is 24.8 Å². The first-order valence-corrected chi connectivity index (χ1v) is 10.9. The lowest BCUT2D eigenvalue weighted by molar-refractivity contribution is -0.114. The summed E-state index contributed by atoms with van der Waals surface area (Å²) in [6.07, 6.45) is 0. The van der Waals surface area contributed by atoms with Crippen molar-refractivity contribution in [3.05, 3.63) is 89.5 Å². The van der Waals surface area contributed by atoms with Crippen molar-refractivity contribution < 1.29 is 17.9 Å². The van der Waals surface area contributed by atoms with Gasteiger partial charge in [-0.2, -0.15) is 4.72 Å². The third-order valence-electron chi connectivity index (χ3n) is 4.59. The van der Waals surface area contributed by atoms with E-state index in [1.54, 1.807) is 6.07 Å². The van der Waals surface area contributed by atoms with Crippen molar-refractivity contribution in [1.29, 1.82) is 0 Å². The van der Waals surface area contributed by atoms with E-state index in [9.17, 15) is 13.2 Å². The van der Waals surface area contributed by atoms with Gasteiger partial charge in [0.05, 0.1) is 13.2 Å². The highest BCUT2D eigenvalue weighted by molar-refractivity contribution is 7.89. The Balaban J connectivity index is 2.05. The van der Waals surface area contributed by atoms with E-state index in [0.717, 1.165) is 16.7 Å². The fraction of sp³-hybridized carbons (Fsp3) is 0.174. The lowest BCUT2D eigenvalue weighted by Crippen LogP contribution is -2.30. The Kier molecular flexibility index (Phi) is 6.54. The number of carbonyl (C=O) groups is 1. The zero-order valence-electron chi connectivity index (χ0n) is 17.0. The zero-order chi connectivity index (χ0) is 21.7. The standard InChI is InChI=1S/C23H24N2O4S/c1-16-9-11-19(12-10-16)23(18-7-5-4-6-8-18)25-30(27,28)22-15-20(24-17(2)26)13-14-21(22)29-3/h4-15,23,25H,1-3H3,(H,24,26)/t23-/m1/s1. The van der Waals surface area contributed by atoms with Gasteiger partial charge in [0.25, 0.3) is 0 Å². The van der Waals surface area contributed by atoms with Gasteiger partial charge >= 0.3 is 0 Å². The van der Waals surface area contributed by atoms with Gasteiger partial charge in [-0.05, 0) is 36.2 Å². The molecule has 6 nitrogen and oxygen atoms in total. The summed E-state index contributed by atoms with van der Waals surface area (Å²) in [6.45, 7) is 3.34. The van der Waals surface area contributed by atoms with E-state index in [0.29, 0.717) is 5.69 Å². The van der Waals surface area contributed by atoms with Gasteiger partial charge in [0.2, 0.25) is 15.9 Å². The molecule has 0 aliphatic rings. The summed E-state index contributed by atoms with van der Waals surface area (Å²) >= 11 is 0. The molecule has 2 N–H and O–H groups in total. The maximum Gasteiger partial charge on any atom is 0.245 e. The molecule has 156 valence electrons. The first-order chi connectivity index (χ1) is 14.3. The molecule has 3 rings (SSSR count). The van der Waals surface area contributed by atoms with Gasteiger partial charge in [-0.25, -0.2) is 8.42 Å². The Hall–Kier alpha value is -3.16. The second-order valence-electron chi connectivity index (χ2n) is 6.92. The number of nitrogens with one attached hydrogen (secondary N) is 2. The molecule has 0 heterocycles. The molecule has 0 aliphatic heterocycles. The number of hydrogen-bond acceptors (Lipinski definition) is 4. The van der Waals surface area contributed by atoms with Crippen LogP contribution in [0.3, 0.4) is 0 Å². The van der Waals surface area contributed by atoms with E-state index in [-0.39, 0.29) is 16.6 Å². The molecule has 0 radical (unpaired) electrons. The normalized spacial score (nSPS) is 12.2. The number of aryl methyl sites for hydroxylation is 1. The molecule has 0 aromatic heterocycles. The largest absolute Gasteiger partial charge is 0.495 e. The number of ether oxygens (including phenoxy) is 1. The number of hydrogen-bond donors (Lipinski definition) is 2. The SMILES string of the molecule is COc1ccc(NC(C)=O)cc1S(=O)(=O)N[C@H](c1ccccc1)c1ccc(C)cc1. The van der Waals surface area contributed by atoms with Crippen LogP contribution in [0.2, 0.25) is 0 Å². The predicted octanol–water partition coefficient (Wildman–Crippen LogP) is 4.03. The Morgan fingerprint density at radius 3 is 2.17 bits per heavy atom. The van der Waals surface area contributed by atoms with Gasteiger partial charge in [-0.3, -0.25) is 4.79 Å². The van der Waals surface area contributed by atoms with Crippen LogP contribution in [-0.4, -0.2) is 21.4 Å². The topological polar surface area (TPSA) is 84.5 Å². The maximum atomic E-state index is 13.4. The van der Waals surface area contributed by atoms with Gasteiger partial charge in [-0.15, -0.1) is 0 Å². The molecule has 3 aromatic rings. The number of carbonyl (C=O) groups excluding carboxylic acids is 1. The smallest absolute Gasteiger partial charge is 0.245 e. The van der Waals surface area contributed by atoms with Crippen molar-refractivity contribution in [1.82, 2.24) is 4.72 Å². The summed E-state index contributed by atoms with van der Waals surface area (Å²) in [5.41, 5.74) is 3.07. The number of benzene rings is 3. The molecular formula is C23H24N2O4S. The van der Waals surface area contributed by atoms with Gasteiger partial charge in [0.15, 0.2) is 0 Å². The summed E-state index contributed by atoms with van der Waals surface area (Å²) in [6, 6.07) is 20.9. The monoisotopic (exact) mass is 424 g/mol.